The predicted octanol–water partition coefficient (Wildman–Crippen LogP) is 4.80. The Morgan fingerprint density at radius 1 is 0.857 bits per heavy atom. The zero-order valence-corrected chi connectivity index (χ0v) is 14.7. The molecule has 1 aromatic carbocycles. The molecule has 0 unspecified atom stereocenters. The number of hydrogen-bond acceptors (Lipinski definition) is 2. The topological polar surface area (TPSA) is 15.3 Å². The molecule has 0 amide bonds. The van der Waals surface area contributed by atoms with Gasteiger partial charge in [-0.1, -0.05) is 45.4 Å². The minimum Gasteiger partial charge on any atom is -0.384 e. The van der Waals surface area contributed by atoms with Crippen molar-refractivity contribution in [2.24, 2.45) is 11.8 Å². The fourth-order valence-electron chi connectivity index (χ4n) is 2.25. The van der Waals surface area contributed by atoms with Crippen molar-refractivity contribution in [1.29, 1.82) is 0 Å². The fourth-order valence-corrected chi connectivity index (χ4v) is 2.25. The Morgan fingerprint density at radius 2 is 1.38 bits per heavy atom. The molecule has 1 aromatic rings. The second kappa shape index (κ2) is 9.83. The summed E-state index contributed by atoms with van der Waals surface area (Å²) in [6, 6.07) is 8.67. The van der Waals surface area contributed by atoms with Crippen LogP contribution in [-0.4, -0.2) is 31.1 Å². The summed E-state index contributed by atoms with van der Waals surface area (Å²) in [5, 5.41) is 3.54. The molecule has 1 rings (SSSR count). The van der Waals surface area contributed by atoms with Crippen LogP contribution in [0.3, 0.4) is 0 Å². The van der Waals surface area contributed by atoms with E-state index in [9.17, 15) is 0 Å². The van der Waals surface area contributed by atoms with Gasteiger partial charge in [-0.05, 0) is 56.8 Å². The number of nitrogens with one attached hydrogen (secondary N) is 1. The van der Waals surface area contributed by atoms with Crippen LogP contribution in [0.1, 0.15) is 46.1 Å². The summed E-state index contributed by atoms with van der Waals surface area (Å²) in [4.78, 5) is 2.61. The standard InChI is InChI=1S/C19H34N2/c1-16(2)10-13-21(14-11-17(3)4)15-12-20-19-8-6-18(5)7-9-19/h6-9,16-17,20H,10-15H2,1-5H3. The largest absolute Gasteiger partial charge is 0.384 e. The lowest BCUT2D eigenvalue weighted by Gasteiger charge is -2.24. The molecular weight excluding hydrogens is 256 g/mol. The summed E-state index contributed by atoms with van der Waals surface area (Å²) in [7, 11) is 0. The van der Waals surface area contributed by atoms with Gasteiger partial charge in [-0.3, -0.25) is 0 Å². The first-order chi connectivity index (χ1) is 9.97. The predicted molar refractivity (Wildman–Crippen MR) is 95.0 cm³/mol. The van der Waals surface area contributed by atoms with E-state index in [0.29, 0.717) is 0 Å². The third-order valence-corrected chi connectivity index (χ3v) is 3.85. The van der Waals surface area contributed by atoms with Crippen molar-refractivity contribution < 1.29 is 0 Å². The quantitative estimate of drug-likeness (QED) is 0.666. The molecule has 0 fully saturated rings. The van der Waals surface area contributed by atoms with Gasteiger partial charge >= 0.3 is 0 Å². The van der Waals surface area contributed by atoms with Gasteiger partial charge in [0.2, 0.25) is 0 Å². The highest BCUT2D eigenvalue weighted by atomic mass is 15.1. The van der Waals surface area contributed by atoms with Crippen LogP contribution in [0.4, 0.5) is 5.69 Å². The van der Waals surface area contributed by atoms with Gasteiger partial charge in [0.05, 0.1) is 0 Å². The second-order valence-electron chi connectivity index (χ2n) is 7.00. The summed E-state index contributed by atoms with van der Waals surface area (Å²) in [5.74, 6) is 1.58. The van der Waals surface area contributed by atoms with Crippen LogP contribution in [-0.2, 0) is 0 Å². The SMILES string of the molecule is Cc1ccc(NCCN(CCC(C)C)CCC(C)C)cc1. The van der Waals surface area contributed by atoms with Gasteiger partial charge in [-0.2, -0.15) is 0 Å². The molecule has 0 radical (unpaired) electrons. The summed E-state index contributed by atoms with van der Waals surface area (Å²) in [6.45, 7) is 16.0. The molecule has 0 heterocycles. The average molecular weight is 290 g/mol. The van der Waals surface area contributed by atoms with Crippen molar-refractivity contribution in [3.63, 3.8) is 0 Å². The Balaban J connectivity index is 2.34. The van der Waals surface area contributed by atoms with Gasteiger partial charge in [-0.15, -0.1) is 0 Å². The Hall–Kier alpha value is -1.02. The molecule has 2 nitrogen and oxygen atoms in total. The Labute approximate surface area is 131 Å². The molecular formula is C19H34N2. The van der Waals surface area contributed by atoms with E-state index in [-0.39, 0.29) is 0 Å². The van der Waals surface area contributed by atoms with Crippen LogP contribution >= 0.6 is 0 Å². The lowest BCUT2D eigenvalue weighted by molar-refractivity contribution is 0.252. The van der Waals surface area contributed by atoms with E-state index >= 15 is 0 Å². The van der Waals surface area contributed by atoms with Crippen molar-refractivity contribution in [1.82, 2.24) is 4.90 Å². The smallest absolute Gasteiger partial charge is 0.0340 e. The van der Waals surface area contributed by atoms with Crippen LogP contribution in [0.15, 0.2) is 24.3 Å². The van der Waals surface area contributed by atoms with Gasteiger partial charge < -0.3 is 10.2 Å². The van der Waals surface area contributed by atoms with Gasteiger partial charge in [0, 0.05) is 18.8 Å². The summed E-state index contributed by atoms with van der Waals surface area (Å²) >= 11 is 0. The number of rotatable bonds is 10. The lowest BCUT2D eigenvalue weighted by atomic mass is 10.1. The van der Waals surface area contributed by atoms with Gasteiger partial charge in [0.1, 0.15) is 0 Å². The molecule has 0 aliphatic heterocycles. The van der Waals surface area contributed by atoms with Crippen molar-refractivity contribution in [2.75, 3.05) is 31.5 Å². The number of nitrogens with zero attached hydrogens (tertiary/aromatic N) is 1. The Kier molecular flexibility index (Phi) is 8.44. The minimum atomic E-state index is 0.789. The molecule has 0 saturated carbocycles. The molecule has 1 N–H and O–H groups in total. The normalized spacial score (nSPS) is 11.6. The van der Waals surface area contributed by atoms with Gasteiger partial charge in [-0.25, -0.2) is 0 Å². The Morgan fingerprint density at radius 3 is 1.86 bits per heavy atom. The summed E-state index contributed by atoms with van der Waals surface area (Å²) < 4.78 is 0. The first kappa shape index (κ1) is 18.0. The molecule has 0 aromatic heterocycles. The first-order valence-corrected chi connectivity index (χ1v) is 8.50. The highest BCUT2D eigenvalue weighted by Gasteiger charge is 2.07. The van der Waals surface area contributed by atoms with Crippen LogP contribution in [0.5, 0.6) is 0 Å². The minimum absolute atomic E-state index is 0.789. The Bertz CT molecular complexity index is 356. The molecule has 21 heavy (non-hydrogen) atoms. The number of aryl methyl sites for hydroxylation is 1. The van der Waals surface area contributed by atoms with E-state index in [4.69, 9.17) is 0 Å². The maximum Gasteiger partial charge on any atom is 0.0340 e. The van der Waals surface area contributed by atoms with Crippen molar-refractivity contribution in [2.45, 2.75) is 47.5 Å². The average Bonchev–Trinajstić information content (AvgIpc) is 2.43. The number of anilines is 1. The van der Waals surface area contributed by atoms with E-state index in [1.807, 2.05) is 0 Å². The molecule has 0 atom stereocenters. The van der Waals surface area contributed by atoms with E-state index in [0.717, 1.165) is 24.9 Å². The zero-order valence-electron chi connectivity index (χ0n) is 14.7. The highest BCUT2D eigenvalue weighted by Crippen LogP contribution is 2.09. The molecule has 0 aliphatic rings. The number of benzene rings is 1. The molecule has 0 saturated heterocycles. The van der Waals surface area contributed by atoms with Crippen LogP contribution < -0.4 is 5.32 Å². The van der Waals surface area contributed by atoms with Crippen LogP contribution in [0.2, 0.25) is 0 Å². The number of hydrogen-bond donors (Lipinski definition) is 1. The summed E-state index contributed by atoms with van der Waals surface area (Å²) in [5.41, 5.74) is 2.55. The monoisotopic (exact) mass is 290 g/mol. The van der Waals surface area contributed by atoms with Gasteiger partial charge in [0.25, 0.3) is 0 Å². The van der Waals surface area contributed by atoms with Crippen molar-refractivity contribution in [3.05, 3.63) is 29.8 Å². The highest BCUT2D eigenvalue weighted by molar-refractivity contribution is 5.44. The first-order valence-electron chi connectivity index (χ1n) is 8.50. The second-order valence-corrected chi connectivity index (χ2v) is 7.00. The van der Waals surface area contributed by atoms with Crippen LogP contribution in [0, 0.1) is 18.8 Å². The van der Waals surface area contributed by atoms with E-state index in [1.54, 1.807) is 0 Å². The molecule has 0 aliphatic carbocycles. The molecule has 0 spiro atoms. The third-order valence-electron chi connectivity index (χ3n) is 3.85. The van der Waals surface area contributed by atoms with E-state index in [2.05, 4.69) is 69.1 Å². The summed E-state index contributed by atoms with van der Waals surface area (Å²) in [6.07, 6.45) is 2.59. The van der Waals surface area contributed by atoms with Crippen molar-refractivity contribution in [3.8, 4) is 0 Å². The maximum atomic E-state index is 3.54. The molecule has 0 bridgehead atoms. The third kappa shape index (κ3) is 8.77. The fraction of sp³-hybridized carbons (Fsp3) is 0.684. The molecule has 120 valence electrons. The van der Waals surface area contributed by atoms with E-state index < -0.39 is 0 Å². The zero-order chi connectivity index (χ0) is 15.7. The van der Waals surface area contributed by atoms with Crippen molar-refractivity contribution >= 4 is 5.69 Å². The lowest BCUT2D eigenvalue weighted by Crippen LogP contribution is -2.32. The van der Waals surface area contributed by atoms with Gasteiger partial charge in [0.15, 0.2) is 0 Å². The molecule has 2 heteroatoms. The maximum absolute atomic E-state index is 3.54. The van der Waals surface area contributed by atoms with Crippen LogP contribution in [0.25, 0.3) is 0 Å². The van der Waals surface area contributed by atoms with E-state index in [1.165, 1.54) is 37.2 Å².